The van der Waals surface area contributed by atoms with Crippen LogP contribution in [-0.2, 0) is 39.8 Å². The van der Waals surface area contributed by atoms with Gasteiger partial charge in [0, 0.05) is 13.0 Å². The number of carbonyl (C=O) groups excluding carboxylic acids is 4. The van der Waals surface area contributed by atoms with Crippen LogP contribution in [0.15, 0.2) is 30.3 Å². The Kier molecular flexibility index (Phi) is 13.0. The Bertz CT molecular complexity index is 1410. The van der Waals surface area contributed by atoms with Crippen molar-refractivity contribution < 1.29 is 47.9 Å². The van der Waals surface area contributed by atoms with Gasteiger partial charge in [0.1, 0.15) is 24.3 Å². The molecule has 1 heterocycles. The number of hydrogen-bond acceptors (Lipinski definition) is 9. The lowest BCUT2D eigenvalue weighted by atomic mass is 9.43. The first-order valence-corrected chi connectivity index (χ1v) is 18.0. The van der Waals surface area contributed by atoms with Crippen LogP contribution in [-0.4, -0.2) is 84.1 Å². The predicted molar refractivity (Wildman–Crippen MR) is 188 cm³/mol. The number of alkyl carbamates (subject to hydrolysis) is 2. The van der Waals surface area contributed by atoms with Crippen LogP contribution in [0.25, 0.3) is 0 Å². The maximum absolute atomic E-state index is 13.6. The number of nitrogens with one attached hydrogen (secondary N) is 4. The number of carboxylic acids is 1. The van der Waals surface area contributed by atoms with Crippen LogP contribution >= 0.6 is 0 Å². The standard InChI is InChI=1S/C36H55BN4O10/c1-22(37-50-28-20-24-19-27(35(24,5)6)36(28,7)51-37)39-30(43)25(15-11-12-18-38-32(46)48-21-23-13-9-8-10-14-23)40-29(42)17-16-26(31(44)45)41-33(47)49-34(2,3)4/h8-10,13-14,22,24-28H,11-12,15-21H2,1-7H3,(H,38,46)(H,39,43)(H,40,42)(H,41,47)(H,44,45)/t22-,24+,25+,26+,27+,28-,36+/m1/s1. The summed E-state index contributed by atoms with van der Waals surface area (Å²) < 4.78 is 23.2. The molecule has 282 valence electrons. The third kappa shape index (κ3) is 10.6. The van der Waals surface area contributed by atoms with Crippen LogP contribution in [0.3, 0.4) is 0 Å². The summed E-state index contributed by atoms with van der Waals surface area (Å²) in [5.74, 6) is -1.90. The molecule has 5 N–H and O–H groups in total. The molecule has 4 aliphatic rings. The van der Waals surface area contributed by atoms with Gasteiger partial charge in [-0.3, -0.25) is 9.59 Å². The quantitative estimate of drug-likeness (QED) is 0.123. The molecule has 0 aromatic heterocycles. The van der Waals surface area contributed by atoms with Gasteiger partial charge in [0.05, 0.1) is 17.6 Å². The largest absolute Gasteiger partial charge is 0.481 e. The lowest BCUT2D eigenvalue weighted by Crippen LogP contribution is -2.65. The first kappa shape index (κ1) is 39.9. The molecule has 2 bridgehead atoms. The zero-order valence-electron chi connectivity index (χ0n) is 30.9. The number of rotatable bonds is 16. The van der Waals surface area contributed by atoms with Crippen LogP contribution in [0.2, 0.25) is 0 Å². The summed E-state index contributed by atoms with van der Waals surface area (Å²) in [4.78, 5) is 62.8. The molecule has 0 radical (unpaired) electrons. The average molecular weight is 715 g/mol. The van der Waals surface area contributed by atoms with E-state index < -0.39 is 66.3 Å². The monoisotopic (exact) mass is 714 g/mol. The molecule has 1 saturated heterocycles. The third-order valence-corrected chi connectivity index (χ3v) is 10.4. The Morgan fingerprint density at radius 2 is 1.67 bits per heavy atom. The summed E-state index contributed by atoms with van der Waals surface area (Å²) >= 11 is 0. The van der Waals surface area contributed by atoms with Crippen molar-refractivity contribution in [2.75, 3.05) is 6.54 Å². The molecule has 0 unspecified atom stereocenters. The van der Waals surface area contributed by atoms with Crippen molar-refractivity contribution in [2.24, 2.45) is 17.3 Å². The number of ether oxygens (including phenoxy) is 2. The van der Waals surface area contributed by atoms with Gasteiger partial charge in [-0.2, -0.15) is 0 Å². The van der Waals surface area contributed by atoms with Crippen molar-refractivity contribution in [3.8, 4) is 0 Å². The normalized spacial score (nSPS) is 24.8. The van der Waals surface area contributed by atoms with Crippen molar-refractivity contribution in [2.45, 2.75) is 135 Å². The summed E-state index contributed by atoms with van der Waals surface area (Å²) in [6.45, 7) is 13.8. The van der Waals surface area contributed by atoms with E-state index in [9.17, 15) is 29.1 Å². The predicted octanol–water partition coefficient (Wildman–Crippen LogP) is 4.10. The Labute approximate surface area is 301 Å². The summed E-state index contributed by atoms with van der Waals surface area (Å²) in [7, 11) is -0.656. The molecule has 1 aromatic rings. The highest BCUT2D eigenvalue weighted by Crippen LogP contribution is 2.65. The topological polar surface area (TPSA) is 191 Å². The van der Waals surface area contributed by atoms with Crippen molar-refractivity contribution in [3.63, 3.8) is 0 Å². The second-order valence-electron chi connectivity index (χ2n) is 15.8. The van der Waals surface area contributed by atoms with Crippen LogP contribution in [0.5, 0.6) is 0 Å². The van der Waals surface area contributed by atoms with Crippen molar-refractivity contribution in [3.05, 3.63) is 35.9 Å². The van der Waals surface area contributed by atoms with Crippen LogP contribution in [0.4, 0.5) is 9.59 Å². The summed E-state index contributed by atoms with van der Waals surface area (Å²) in [6, 6.07) is 6.97. The van der Waals surface area contributed by atoms with Gasteiger partial charge in [-0.25, -0.2) is 14.4 Å². The highest BCUT2D eigenvalue weighted by atomic mass is 16.7. The van der Waals surface area contributed by atoms with E-state index >= 15 is 0 Å². The fourth-order valence-electron chi connectivity index (χ4n) is 7.46. The van der Waals surface area contributed by atoms with Crippen LogP contribution < -0.4 is 21.3 Å². The Hall–Kier alpha value is -3.85. The van der Waals surface area contributed by atoms with Crippen LogP contribution in [0, 0.1) is 17.3 Å². The summed E-state index contributed by atoms with van der Waals surface area (Å²) in [5, 5.41) is 20.3. The van der Waals surface area contributed by atoms with Crippen molar-refractivity contribution in [1.29, 1.82) is 0 Å². The van der Waals surface area contributed by atoms with E-state index in [1.807, 2.05) is 37.3 Å². The fourth-order valence-corrected chi connectivity index (χ4v) is 7.46. The van der Waals surface area contributed by atoms with Gasteiger partial charge in [-0.15, -0.1) is 0 Å². The van der Waals surface area contributed by atoms with Gasteiger partial charge >= 0.3 is 25.3 Å². The maximum atomic E-state index is 13.6. The van der Waals surface area contributed by atoms with E-state index in [0.717, 1.165) is 18.4 Å². The SMILES string of the molecule is C[C@@H](NC(=O)[C@H](CCCCNC(=O)OCc1ccccc1)NC(=O)CC[C@H](NC(=O)OC(C)(C)C)C(=O)O)B1O[C@@H]2C[C@@H]3C[C@@H](C3(C)C)[C@]2(C)O1. The maximum Gasteiger partial charge on any atom is 0.481 e. The zero-order valence-corrected chi connectivity index (χ0v) is 30.9. The van der Waals surface area contributed by atoms with Gasteiger partial charge in [0.2, 0.25) is 11.8 Å². The van der Waals surface area contributed by atoms with E-state index in [1.54, 1.807) is 20.8 Å². The summed E-state index contributed by atoms with van der Waals surface area (Å²) in [6.07, 6.45) is 1.20. The molecule has 0 spiro atoms. The minimum atomic E-state index is -1.37. The first-order chi connectivity index (χ1) is 23.9. The van der Waals surface area contributed by atoms with Gasteiger partial charge < -0.3 is 45.2 Å². The second kappa shape index (κ2) is 16.7. The van der Waals surface area contributed by atoms with E-state index in [2.05, 4.69) is 42.0 Å². The van der Waals surface area contributed by atoms with Gasteiger partial charge in [-0.05, 0) is 96.0 Å². The smallest absolute Gasteiger partial charge is 0.480 e. The second-order valence-corrected chi connectivity index (χ2v) is 15.8. The molecular weight excluding hydrogens is 659 g/mol. The molecule has 1 aromatic carbocycles. The molecule has 4 amide bonds. The number of amides is 4. The Morgan fingerprint density at radius 3 is 2.31 bits per heavy atom. The molecule has 7 atom stereocenters. The minimum Gasteiger partial charge on any atom is -0.480 e. The van der Waals surface area contributed by atoms with Crippen molar-refractivity contribution in [1.82, 2.24) is 21.3 Å². The number of carbonyl (C=O) groups is 5. The van der Waals surface area contributed by atoms with E-state index in [1.165, 1.54) is 0 Å². The third-order valence-electron chi connectivity index (χ3n) is 10.4. The Morgan fingerprint density at radius 1 is 0.961 bits per heavy atom. The van der Waals surface area contributed by atoms with E-state index in [0.29, 0.717) is 31.2 Å². The average Bonchev–Trinajstić information content (AvgIpc) is 3.42. The molecule has 5 rings (SSSR count). The highest BCUT2D eigenvalue weighted by molar-refractivity contribution is 6.47. The molecule has 3 aliphatic carbocycles. The lowest BCUT2D eigenvalue weighted by Gasteiger charge is -2.64. The number of carboxylic acid groups (broad SMARTS) is 1. The first-order valence-electron chi connectivity index (χ1n) is 18.0. The minimum absolute atomic E-state index is 0.0579. The molecular formula is C36H55BN4O10. The number of benzene rings is 1. The molecule has 51 heavy (non-hydrogen) atoms. The van der Waals surface area contributed by atoms with Gasteiger partial charge in [0.25, 0.3) is 0 Å². The summed E-state index contributed by atoms with van der Waals surface area (Å²) in [5.41, 5.74) is -0.246. The fraction of sp³-hybridized carbons (Fsp3) is 0.694. The number of unbranched alkanes of at least 4 members (excludes halogenated alkanes) is 1. The van der Waals surface area contributed by atoms with Gasteiger partial charge in [0.15, 0.2) is 0 Å². The lowest BCUT2D eigenvalue weighted by molar-refractivity contribution is -0.199. The molecule has 14 nitrogen and oxygen atoms in total. The zero-order chi connectivity index (χ0) is 37.6. The van der Waals surface area contributed by atoms with Gasteiger partial charge in [-0.1, -0.05) is 44.2 Å². The highest BCUT2D eigenvalue weighted by Gasteiger charge is 2.68. The number of hydrogen-bond donors (Lipinski definition) is 5. The molecule has 1 aliphatic heterocycles. The van der Waals surface area contributed by atoms with Crippen LogP contribution in [0.1, 0.15) is 99.0 Å². The van der Waals surface area contributed by atoms with E-state index in [-0.39, 0.29) is 37.4 Å². The van der Waals surface area contributed by atoms with Crippen molar-refractivity contribution >= 4 is 37.1 Å². The Balaban J connectivity index is 1.30. The molecule has 4 fully saturated rings. The van der Waals surface area contributed by atoms with E-state index in [4.69, 9.17) is 18.8 Å². The number of aliphatic carboxylic acids is 1. The molecule has 15 heteroatoms. The molecule has 3 saturated carbocycles.